The number of benzene rings is 2. The first kappa shape index (κ1) is 20.9. The third kappa shape index (κ3) is 4.86. The van der Waals surface area contributed by atoms with Crippen LogP contribution in [0.4, 0.5) is 5.69 Å². The third-order valence-electron chi connectivity index (χ3n) is 4.99. The Kier molecular flexibility index (Phi) is 6.18. The molecular formula is C23H19BrN2O5. The van der Waals surface area contributed by atoms with Crippen LogP contribution in [-0.4, -0.2) is 35.3 Å². The summed E-state index contributed by atoms with van der Waals surface area (Å²) < 4.78 is 11.4. The van der Waals surface area contributed by atoms with Crippen molar-refractivity contribution >= 4 is 39.4 Å². The minimum Gasteiger partial charge on any atom is -0.459 e. The van der Waals surface area contributed by atoms with Gasteiger partial charge in [-0.3, -0.25) is 9.59 Å². The van der Waals surface area contributed by atoms with Crippen LogP contribution in [0.5, 0.6) is 0 Å². The van der Waals surface area contributed by atoms with E-state index in [0.29, 0.717) is 12.1 Å². The molecule has 1 atom stereocenters. The Labute approximate surface area is 187 Å². The molecule has 8 heteroatoms. The highest BCUT2D eigenvalue weighted by molar-refractivity contribution is 9.10. The van der Waals surface area contributed by atoms with Crippen molar-refractivity contribution in [2.45, 2.75) is 19.0 Å². The molecule has 1 aliphatic rings. The zero-order chi connectivity index (χ0) is 21.8. The molecule has 2 heterocycles. The Balaban J connectivity index is 1.45. The zero-order valence-electron chi connectivity index (χ0n) is 16.4. The summed E-state index contributed by atoms with van der Waals surface area (Å²) in [5.41, 5.74) is 2.51. The van der Waals surface area contributed by atoms with Gasteiger partial charge >= 0.3 is 5.97 Å². The lowest BCUT2D eigenvalue weighted by Crippen LogP contribution is -2.49. The molecule has 0 radical (unpaired) electrons. The van der Waals surface area contributed by atoms with Crippen LogP contribution in [0.1, 0.15) is 21.7 Å². The van der Waals surface area contributed by atoms with Gasteiger partial charge in [-0.15, -0.1) is 0 Å². The van der Waals surface area contributed by atoms with Gasteiger partial charge in [0, 0.05) is 23.1 Å². The van der Waals surface area contributed by atoms with Gasteiger partial charge in [-0.25, -0.2) is 4.79 Å². The van der Waals surface area contributed by atoms with Crippen LogP contribution >= 0.6 is 15.9 Å². The van der Waals surface area contributed by atoms with Crippen LogP contribution < -0.4 is 5.32 Å². The normalized spacial score (nSPS) is 15.1. The largest absolute Gasteiger partial charge is 0.459 e. The number of rotatable bonds is 5. The number of nitrogens with one attached hydrogen (secondary N) is 1. The van der Waals surface area contributed by atoms with E-state index in [-0.39, 0.29) is 12.3 Å². The monoisotopic (exact) mass is 482 g/mol. The van der Waals surface area contributed by atoms with Crippen LogP contribution in [0.3, 0.4) is 0 Å². The molecule has 0 saturated carbocycles. The molecule has 2 aromatic carbocycles. The van der Waals surface area contributed by atoms with Gasteiger partial charge in [0.2, 0.25) is 0 Å². The topological polar surface area (TPSA) is 88.9 Å². The molecule has 0 fully saturated rings. The molecular weight excluding hydrogens is 464 g/mol. The fourth-order valence-electron chi connectivity index (χ4n) is 3.45. The predicted octanol–water partition coefficient (Wildman–Crippen LogP) is 3.79. The SMILES string of the molecule is O=C(COC(=O)[C@@H]1Cc2ccccc2CN1C(=O)c1ccco1)Nc1ccc(Br)cc1. The highest BCUT2D eigenvalue weighted by atomic mass is 79.9. The van der Waals surface area contributed by atoms with E-state index in [1.807, 2.05) is 24.3 Å². The third-order valence-corrected chi connectivity index (χ3v) is 5.52. The van der Waals surface area contributed by atoms with Crippen molar-refractivity contribution in [2.24, 2.45) is 0 Å². The maximum Gasteiger partial charge on any atom is 0.329 e. The summed E-state index contributed by atoms with van der Waals surface area (Å²) in [5, 5.41) is 2.67. The van der Waals surface area contributed by atoms with E-state index in [1.165, 1.54) is 11.2 Å². The molecule has 0 saturated heterocycles. The summed E-state index contributed by atoms with van der Waals surface area (Å²) in [4.78, 5) is 39.4. The fourth-order valence-corrected chi connectivity index (χ4v) is 3.72. The minimum absolute atomic E-state index is 0.144. The van der Waals surface area contributed by atoms with E-state index in [9.17, 15) is 14.4 Å². The van der Waals surface area contributed by atoms with Gasteiger partial charge in [-0.1, -0.05) is 40.2 Å². The second-order valence-electron chi connectivity index (χ2n) is 7.06. The van der Waals surface area contributed by atoms with Gasteiger partial charge in [0.25, 0.3) is 11.8 Å². The van der Waals surface area contributed by atoms with Crippen molar-refractivity contribution in [2.75, 3.05) is 11.9 Å². The number of ether oxygens (including phenoxy) is 1. The second-order valence-corrected chi connectivity index (χ2v) is 7.98. The number of amides is 2. The summed E-state index contributed by atoms with van der Waals surface area (Å²) in [7, 11) is 0. The number of hydrogen-bond acceptors (Lipinski definition) is 5. The van der Waals surface area contributed by atoms with Crippen molar-refractivity contribution < 1.29 is 23.5 Å². The number of nitrogens with zero attached hydrogens (tertiary/aromatic N) is 1. The van der Waals surface area contributed by atoms with Crippen molar-refractivity contribution in [3.05, 3.63) is 88.3 Å². The van der Waals surface area contributed by atoms with Crippen LogP contribution in [0, 0.1) is 0 Å². The van der Waals surface area contributed by atoms with E-state index in [2.05, 4.69) is 21.2 Å². The van der Waals surface area contributed by atoms with Gasteiger partial charge in [-0.05, 0) is 47.5 Å². The summed E-state index contributed by atoms with van der Waals surface area (Å²) in [6.07, 6.45) is 1.71. The van der Waals surface area contributed by atoms with Crippen molar-refractivity contribution in [1.82, 2.24) is 4.90 Å². The van der Waals surface area contributed by atoms with E-state index >= 15 is 0 Å². The van der Waals surface area contributed by atoms with Crippen LogP contribution in [0.15, 0.2) is 75.8 Å². The number of fused-ring (bicyclic) bond motifs is 1. The molecule has 2 amide bonds. The van der Waals surface area contributed by atoms with Crippen LogP contribution in [0.2, 0.25) is 0 Å². The number of furan rings is 1. The van der Waals surface area contributed by atoms with E-state index < -0.39 is 30.4 Å². The maximum absolute atomic E-state index is 12.9. The molecule has 0 unspecified atom stereocenters. The Hall–Kier alpha value is -3.39. The molecule has 3 aromatic rings. The highest BCUT2D eigenvalue weighted by Crippen LogP contribution is 2.26. The quantitative estimate of drug-likeness (QED) is 0.558. The van der Waals surface area contributed by atoms with E-state index in [1.54, 1.807) is 36.4 Å². The van der Waals surface area contributed by atoms with Crippen molar-refractivity contribution in [3.63, 3.8) is 0 Å². The van der Waals surface area contributed by atoms with Gasteiger partial charge in [0.05, 0.1) is 6.26 Å². The molecule has 7 nitrogen and oxygen atoms in total. The molecule has 0 spiro atoms. The zero-order valence-corrected chi connectivity index (χ0v) is 18.0. The lowest BCUT2D eigenvalue weighted by atomic mass is 9.93. The summed E-state index contributed by atoms with van der Waals surface area (Å²) in [6.45, 7) is -0.198. The summed E-state index contributed by atoms with van der Waals surface area (Å²) in [6, 6.07) is 17.0. The number of hydrogen-bond donors (Lipinski definition) is 1. The molecule has 0 bridgehead atoms. The molecule has 158 valence electrons. The van der Waals surface area contributed by atoms with E-state index in [4.69, 9.17) is 9.15 Å². The highest BCUT2D eigenvalue weighted by Gasteiger charge is 2.37. The van der Waals surface area contributed by atoms with Gasteiger partial charge in [0.1, 0.15) is 6.04 Å². The predicted molar refractivity (Wildman–Crippen MR) is 116 cm³/mol. The lowest BCUT2D eigenvalue weighted by molar-refractivity contribution is -0.152. The Bertz CT molecular complexity index is 1100. The van der Waals surface area contributed by atoms with Gasteiger partial charge < -0.3 is 19.4 Å². The second kappa shape index (κ2) is 9.18. The summed E-state index contributed by atoms with van der Waals surface area (Å²) >= 11 is 3.33. The molecule has 1 N–H and O–H groups in total. The minimum atomic E-state index is -0.854. The first-order valence-electron chi connectivity index (χ1n) is 9.64. The Morgan fingerprint density at radius 3 is 2.48 bits per heavy atom. The standard InChI is InChI=1S/C23H19BrN2O5/c24-17-7-9-18(10-8-17)25-21(27)14-31-23(29)19-12-15-4-1-2-5-16(15)13-26(19)22(28)20-6-3-11-30-20/h1-11,19H,12-14H2,(H,25,27)/t19-/m0/s1. The number of anilines is 1. The molecule has 31 heavy (non-hydrogen) atoms. The van der Waals surface area contributed by atoms with Crippen LogP contribution in [-0.2, 0) is 27.3 Å². The fraction of sp³-hybridized carbons (Fsp3) is 0.174. The Morgan fingerprint density at radius 2 is 1.77 bits per heavy atom. The smallest absolute Gasteiger partial charge is 0.329 e. The Morgan fingerprint density at radius 1 is 1.03 bits per heavy atom. The van der Waals surface area contributed by atoms with Crippen molar-refractivity contribution in [1.29, 1.82) is 0 Å². The maximum atomic E-state index is 12.9. The molecule has 0 aliphatic carbocycles. The number of carbonyl (C=O) groups is 3. The first-order chi connectivity index (χ1) is 15.0. The first-order valence-corrected chi connectivity index (χ1v) is 10.4. The molecule has 1 aliphatic heterocycles. The summed E-state index contributed by atoms with van der Waals surface area (Å²) in [5.74, 6) is -1.36. The van der Waals surface area contributed by atoms with Gasteiger partial charge in [-0.2, -0.15) is 0 Å². The van der Waals surface area contributed by atoms with E-state index in [0.717, 1.165) is 15.6 Å². The van der Waals surface area contributed by atoms with Gasteiger partial charge in [0.15, 0.2) is 12.4 Å². The van der Waals surface area contributed by atoms with Crippen molar-refractivity contribution in [3.8, 4) is 0 Å². The lowest BCUT2D eigenvalue weighted by Gasteiger charge is -2.34. The molecule has 1 aromatic heterocycles. The molecule has 4 rings (SSSR count). The number of esters is 1. The van der Waals surface area contributed by atoms with Crippen LogP contribution in [0.25, 0.3) is 0 Å². The number of halogens is 1. The average Bonchev–Trinajstić information content (AvgIpc) is 3.32. The average molecular weight is 483 g/mol. The number of carbonyl (C=O) groups excluding carboxylic acids is 3.